The van der Waals surface area contributed by atoms with Crippen LogP contribution >= 0.6 is 23.2 Å². The van der Waals surface area contributed by atoms with Crippen LogP contribution in [0.25, 0.3) is 11.6 Å². The zero-order valence-electron chi connectivity index (χ0n) is 23.4. The van der Waals surface area contributed by atoms with Crippen molar-refractivity contribution in [2.24, 2.45) is 0 Å². The van der Waals surface area contributed by atoms with Crippen molar-refractivity contribution in [3.63, 3.8) is 0 Å². The monoisotopic (exact) mass is 626 g/mol. The van der Waals surface area contributed by atoms with E-state index in [1.807, 2.05) is 18.7 Å². The number of aromatic nitrogens is 1. The molecule has 3 heterocycles. The molecule has 1 saturated heterocycles. The number of carbonyl (C=O) groups is 2. The van der Waals surface area contributed by atoms with Gasteiger partial charge in [0.2, 0.25) is 0 Å². The number of likely N-dealkylation sites (tertiary alicyclic amines) is 1. The molecule has 6 rings (SSSR count). The minimum absolute atomic E-state index is 0.0151. The fourth-order valence-corrected chi connectivity index (χ4v) is 7.94. The van der Waals surface area contributed by atoms with E-state index in [1.54, 1.807) is 30.3 Å². The Morgan fingerprint density at radius 1 is 1.05 bits per heavy atom. The van der Waals surface area contributed by atoms with Crippen LogP contribution in [0.15, 0.2) is 41.3 Å². The summed E-state index contributed by atoms with van der Waals surface area (Å²) in [5.41, 5.74) is 4.35. The van der Waals surface area contributed by atoms with Gasteiger partial charge in [-0.1, -0.05) is 29.3 Å². The number of nitrogens with one attached hydrogen (secondary N) is 3. The third-order valence-corrected chi connectivity index (χ3v) is 10.7. The summed E-state index contributed by atoms with van der Waals surface area (Å²) in [4.78, 5) is 31.8. The molecule has 1 aliphatic carbocycles. The van der Waals surface area contributed by atoms with Gasteiger partial charge in [-0.2, -0.15) is 0 Å². The summed E-state index contributed by atoms with van der Waals surface area (Å²) in [5.74, 6) is -0.740. The van der Waals surface area contributed by atoms with Gasteiger partial charge in [0, 0.05) is 63.4 Å². The van der Waals surface area contributed by atoms with Crippen LogP contribution in [-0.4, -0.2) is 55.3 Å². The van der Waals surface area contributed by atoms with E-state index in [9.17, 15) is 18.0 Å². The third kappa shape index (κ3) is 5.63. The highest BCUT2D eigenvalue weighted by atomic mass is 35.5. The highest BCUT2D eigenvalue weighted by Crippen LogP contribution is 2.37. The van der Waals surface area contributed by atoms with Gasteiger partial charge in [0.25, 0.3) is 11.8 Å². The Bertz CT molecular complexity index is 1720. The van der Waals surface area contributed by atoms with Crippen molar-refractivity contribution in [1.29, 1.82) is 0 Å². The summed E-state index contributed by atoms with van der Waals surface area (Å²) < 4.78 is 26.7. The van der Waals surface area contributed by atoms with Crippen molar-refractivity contribution >= 4 is 62.2 Å². The molecule has 0 spiro atoms. The zero-order valence-corrected chi connectivity index (χ0v) is 25.7. The van der Waals surface area contributed by atoms with E-state index in [-0.39, 0.29) is 32.5 Å². The normalized spacial score (nSPS) is 18.4. The van der Waals surface area contributed by atoms with Gasteiger partial charge in [-0.05, 0) is 81.5 Å². The van der Waals surface area contributed by atoms with Crippen molar-refractivity contribution < 1.29 is 18.0 Å². The number of anilines is 1. The fraction of sp³-hybridized carbons (Fsp3) is 0.355. The zero-order chi connectivity index (χ0) is 29.8. The summed E-state index contributed by atoms with van der Waals surface area (Å²) in [6.07, 6.45) is 6.05. The first kappa shape index (κ1) is 29.0. The SMILES string of the molecule is Cc1[nH]c(/C=C2\C(=O)Nc3ccc(S(=O)(=O)Cc4c(Cl)cccc4Cl)cc32)c(C)c1C(=O)N1CCC(NC2CC2)CC1. The van der Waals surface area contributed by atoms with Crippen LogP contribution in [-0.2, 0) is 20.4 Å². The van der Waals surface area contributed by atoms with Gasteiger partial charge in [0.05, 0.1) is 21.8 Å². The first-order valence-corrected chi connectivity index (χ1v) is 16.5. The van der Waals surface area contributed by atoms with Gasteiger partial charge in [-0.15, -0.1) is 0 Å². The van der Waals surface area contributed by atoms with E-state index in [2.05, 4.69) is 15.6 Å². The summed E-state index contributed by atoms with van der Waals surface area (Å²) in [6.45, 7) is 5.13. The van der Waals surface area contributed by atoms with Crippen molar-refractivity contribution in [3.8, 4) is 0 Å². The Morgan fingerprint density at radius 2 is 1.71 bits per heavy atom. The second-order valence-corrected chi connectivity index (χ2v) is 14.2. The third-order valence-electron chi connectivity index (χ3n) is 8.34. The van der Waals surface area contributed by atoms with Crippen LogP contribution in [0.3, 0.4) is 0 Å². The number of hydrogen-bond acceptors (Lipinski definition) is 5. The highest BCUT2D eigenvalue weighted by molar-refractivity contribution is 7.90. The quantitative estimate of drug-likeness (QED) is 0.289. The highest BCUT2D eigenvalue weighted by Gasteiger charge is 2.32. The molecule has 0 unspecified atom stereocenters. The number of piperidine rings is 1. The van der Waals surface area contributed by atoms with Gasteiger partial charge in [-0.25, -0.2) is 8.42 Å². The number of sulfone groups is 1. The van der Waals surface area contributed by atoms with Crippen LogP contribution in [0.2, 0.25) is 10.0 Å². The maximum atomic E-state index is 13.5. The lowest BCUT2D eigenvalue weighted by Crippen LogP contribution is -2.45. The minimum Gasteiger partial charge on any atom is -0.358 e. The van der Waals surface area contributed by atoms with Gasteiger partial charge in [0.15, 0.2) is 9.84 Å². The lowest BCUT2D eigenvalue weighted by atomic mass is 10.0. The predicted molar refractivity (Wildman–Crippen MR) is 166 cm³/mol. The number of aromatic amines is 1. The molecule has 8 nitrogen and oxygen atoms in total. The molecule has 220 valence electrons. The second kappa shape index (κ2) is 11.2. The van der Waals surface area contributed by atoms with Crippen LogP contribution in [0, 0.1) is 13.8 Å². The second-order valence-electron chi connectivity index (χ2n) is 11.3. The predicted octanol–water partition coefficient (Wildman–Crippen LogP) is 5.76. The molecule has 2 amide bonds. The lowest BCUT2D eigenvalue weighted by molar-refractivity contribution is -0.110. The molecular weight excluding hydrogens is 595 g/mol. The number of H-pyrrole nitrogens is 1. The molecule has 3 N–H and O–H groups in total. The average molecular weight is 628 g/mol. The van der Waals surface area contributed by atoms with Crippen LogP contribution < -0.4 is 10.6 Å². The van der Waals surface area contributed by atoms with Crippen molar-refractivity contribution in [2.45, 2.75) is 62.3 Å². The van der Waals surface area contributed by atoms with Gasteiger partial charge in [-0.3, -0.25) is 9.59 Å². The summed E-state index contributed by atoms with van der Waals surface area (Å²) in [6, 6.07) is 10.5. The molecule has 42 heavy (non-hydrogen) atoms. The number of amides is 2. The lowest BCUT2D eigenvalue weighted by Gasteiger charge is -2.32. The molecule has 2 aliphatic heterocycles. The number of halogens is 2. The summed E-state index contributed by atoms with van der Waals surface area (Å²) >= 11 is 12.5. The summed E-state index contributed by atoms with van der Waals surface area (Å²) in [5, 5.41) is 7.02. The molecule has 3 aliphatic rings. The van der Waals surface area contributed by atoms with Crippen molar-refractivity contribution in [3.05, 3.63) is 80.1 Å². The molecule has 0 atom stereocenters. The van der Waals surface area contributed by atoms with Gasteiger partial charge in [0.1, 0.15) is 0 Å². The Hall–Kier alpha value is -3.11. The van der Waals surface area contributed by atoms with Crippen molar-refractivity contribution in [1.82, 2.24) is 15.2 Å². The Labute approximate surface area is 255 Å². The van der Waals surface area contributed by atoms with E-state index in [0.717, 1.165) is 24.1 Å². The number of benzene rings is 2. The van der Waals surface area contributed by atoms with E-state index in [4.69, 9.17) is 23.2 Å². The number of rotatable bonds is 7. The molecule has 0 bridgehead atoms. The molecule has 2 aromatic carbocycles. The number of hydrogen-bond donors (Lipinski definition) is 3. The molecule has 3 aromatic rings. The number of fused-ring (bicyclic) bond motifs is 1. The largest absolute Gasteiger partial charge is 0.358 e. The summed E-state index contributed by atoms with van der Waals surface area (Å²) in [7, 11) is -3.83. The van der Waals surface area contributed by atoms with E-state index in [0.29, 0.717) is 58.8 Å². The van der Waals surface area contributed by atoms with Crippen LogP contribution in [0.1, 0.15) is 64.1 Å². The number of nitrogens with zero attached hydrogens (tertiary/aromatic N) is 1. The molecule has 11 heteroatoms. The number of carbonyl (C=O) groups excluding carboxylic acids is 2. The van der Waals surface area contributed by atoms with E-state index < -0.39 is 9.84 Å². The standard InChI is InChI=1S/C31H32Cl2N4O4S/c1-17-28(34-18(2)29(17)31(39)37-12-10-20(11-13-37)35-19-6-7-19)15-23-22-14-21(8-9-27(22)36-30(23)38)42(40,41)16-24-25(32)4-3-5-26(24)33/h3-5,8-9,14-15,19-20,34-35H,6-7,10-13,16H2,1-2H3,(H,36,38)/b23-15-. The van der Waals surface area contributed by atoms with E-state index in [1.165, 1.54) is 25.0 Å². The van der Waals surface area contributed by atoms with Crippen LogP contribution in [0.5, 0.6) is 0 Å². The maximum Gasteiger partial charge on any atom is 0.256 e. The Balaban J connectivity index is 1.26. The number of aryl methyl sites for hydroxylation is 1. The smallest absolute Gasteiger partial charge is 0.256 e. The fourth-order valence-electron chi connectivity index (χ4n) is 5.82. The average Bonchev–Trinajstić information content (AvgIpc) is 3.65. The molecular formula is C31H32Cl2N4O4S. The van der Waals surface area contributed by atoms with Crippen molar-refractivity contribution in [2.75, 3.05) is 18.4 Å². The molecule has 1 aromatic heterocycles. The van der Waals surface area contributed by atoms with Crippen LogP contribution in [0.4, 0.5) is 5.69 Å². The first-order valence-electron chi connectivity index (χ1n) is 14.1. The minimum atomic E-state index is -3.83. The molecule has 2 fully saturated rings. The Kier molecular flexibility index (Phi) is 7.72. The van der Waals surface area contributed by atoms with Gasteiger partial charge < -0.3 is 20.5 Å². The topological polar surface area (TPSA) is 111 Å². The Morgan fingerprint density at radius 3 is 2.38 bits per heavy atom. The maximum absolute atomic E-state index is 13.5. The van der Waals surface area contributed by atoms with E-state index >= 15 is 0 Å². The first-order chi connectivity index (χ1) is 20.0. The molecule has 1 saturated carbocycles. The molecule has 0 radical (unpaired) electrons. The van der Waals surface area contributed by atoms with Gasteiger partial charge >= 0.3 is 0 Å².